The van der Waals surface area contributed by atoms with Crippen LogP contribution in [-0.2, 0) is 11.4 Å². The van der Waals surface area contributed by atoms with Crippen molar-refractivity contribution in [3.05, 3.63) is 100 Å². The number of amidine groups is 1. The highest BCUT2D eigenvalue weighted by atomic mass is 32.2. The zero-order chi connectivity index (χ0) is 24.1. The Balaban J connectivity index is 1.45. The van der Waals surface area contributed by atoms with Crippen LogP contribution < -0.4 is 4.74 Å². The second kappa shape index (κ2) is 10.4. The number of halogens is 1. The van der Waals surface area contributed by atoms with Crippen LogP contribution in [0, 0.1) is 5.82 Å². The van der Waals surface area contributed by atoms with Gasteiger partial charge in [0, 0.05) is 6.54 Å². The molecule has 172 valence electrons. The van der Waals surface area contributed by atoms with Crippen molar-refractivity contribution in [3.63, 3.8) is 0 Å². The maximum Gasteiger partial charge on any atom is 0.335 e. The van der Waals surface area contributed by atoms with Crippen molar-refractivity contribution in [1.82, 2.24) is 4.90 Å². The van der Waals surface area contributed by atoms with E-state index in [1.165, 1.54) is 30.0 Å². The van der Waals surface area contributed by atoms with Crippen LogP contribution in [0.25, 0.3) is 6.08 Å². The number of aromatic carboxylic acids is 1. The average molecular weight is 477 g/mol. The van der Waals surface area contributed by atoms with Crippen LogP contribution in [0.5, 0.6) is 5.75 Å². The Morgan fingerprint density at radius 3 is 2.53 bits per heavy atom. The highest BCUT2D eigenvalue weighted by molar-refractivity contribution is 8.18. The third-order valence-corrected chi connectivity index (χ3v) is 6.02. The molecule has 0 unspecified atom stereocenters. The summed E-state index contributed by atoms with van der Waals surface area (Å²) >= 11 is 1.28. The number of aliphatic imine (C=N–C) groups is 1. The van der Waals surface area contributed by atoms with E-state index in [9.17, 15) is 14.0 Å². The van der Waals surface area contributed by atoms with Crippen molar-refractivity contribution in [2.45, 2.75) is 13.5 Å². The smallest absolute Gasteiger partial charge is 0.335 e. The molecular formula is C26H21FN2O4S. The van der Waals surface area contributed by atoms with E-state index in [4.69, 9.17) is 9.84 Å². The van der Waals surface area contributed by atoms with Crippen LogP contribution in [0.2, 0.25) is 0 Å². The number of carbonyl (C=O) groups excluding carboxylic acids is 1. The minimum atomic E-state index is -0.980. The molecule has 1 heterocycles. The minimum Gasteiger partial charge on any atom is -0.489 e. The lowest BCUT2D eigenvalue weighted by Gasteiger charge is -2.11. The normalized spacial score (nSPS) is 15.8. The molecule has 4 rings (SSSR count). The minimum absolute atomic E-state index is 0.132. The summed E-state index contributed by atoms with van der Waals surface area (Å²) in [6.07, 6.45) is 1.79. The van der Waals surface area contributed by atoms with Gasteiger partial charge in [0.2, 0.25) is 0 Å². The quantitative estimate of drug-likeness (QED) is 0.441. The molecule has 6 nitrogen and oxygen atoms in total. The summed E-state index contributed by atoms with van der Waals surface area (Å²) in [5, 5.41) is 9.65. The number of ether oxygens (including phenoxy) is 1. The number of hydrogen-bond donors (Lipinski definition) is 1. The van der Waals surface area contributed by atoms with Gasteiger partial charge in [-0.1, -0.05) is 24.3 Å². The van der Waals surface area contributed by atoms with Crippen LogP contribution in [-0.4, -0.2) is 33.6 Å². The molecule has 3 aromatic carbocycles. The Morgan fingerprint density at radius 1 is 1.12 bits per heavy atom. The summed E-state index contributed by atoms with van der Waals surface area (Å²) in [6.45, 7) is 2.59. The molecule has 1 saturated heterocycles. The number of thioether (sulfide) groups is 1. The fourth-order valence-electron chi connectivity index (χ4n) is 3.27. The van der Waals surface area contributed by atoms with Gasteiger partial charge < -0.3 is 9.84 Å². The number of rotatable bonds is 7. The van der Waals surface area contributed by atoms with E-state index in [1.807, 2.05) is 19.1 Å². The van der Waals surface area contributed by atoms with Crippen molar-refractivity contribution in [2.75, 3.05) is 6.54 Å². The van der Waals surface area contributed by atoms with Crippen molar-refractivity contribution >= 4 is 40.6 Å². The monoisotopic (exact) mass is 476 g/mol. The van der Waals surface area contributed by atoms with E-state index in [0.717, 1.165) is 11.1 Å². The number of nitrogens with zero attached hydrogens (tertiary/aromatic N) is 2. The molecule has 0 atom stereocenters. The van der Waals surface area contributed by atoms with E-state index in [0.29, 0.717) is 28.1 Å². The largest absolute Gasteiger partial charge is 0.489 e. The van der Waals surface area contributed by atoms with Gasteiger partial charge in [0.05, 0.1) is 16.2 Å². The van der Waals surface area contributed by atoms with Gasteiger partial charge in [0.25, 0.3) is 5.91 Å². The lowest BCUT2D eigenvalue weighted by Crippen LogP contribution is -2.28. The second-order valence-electron chi connectivity index (χ2n) is 7.39. The van der Waals surface area contributed by atoms with E-state index in [1.54, 1.807) is 53.4 Å². The zero-order valence-electron chi connectivity index (χ0n) is 18.3. The molecule has 34 heavy (non-hydrogen) atoms. The van der Waals surface area contributed by atoms with Crippen molar-refractivity contribution in [3.8, 4) is 5.75 Å². The Kier molecular flexibility index (Phi) is 7.08. The number of carboxylic acids is 1. The molecule has 1 aliphatic rings. The molecule has 1 amide bonds. The Bertz CT molecular complexity index is 1270. The van der Waals surface area contributed by atoms with E-state index < -0.39 is 5.97 Å². The van der Waals surface area contributed by atoms with E-state index in [2.05, 4.69) is 4.99 Å². The van der Waals surface area contributed by atoms with Crippen LogP contribution in [0.4, 0.5) is 10.1 Å². The fourth-order valence-corrected chi connectivity index (χ4v) is 4.33. The number of likely N-dealkylation sites (N-methyl/N-ethyl adjacent to an activating group) is 1. The van der Waals surface area contributed by atoms with Gasteiger partial charge in [-0.15, -0.1) is 0 Å². The SMILES string of the molecule is CCN1C(=O)/C(=C\c2ccc(OCc3cccc(C(=O)O)c3)cc2)SC1=Nc1ccc(F)cc1. The molecule has 1 N–H and O–H groups in total. The molecule has 0 saturated carbocycles. The molecule has 3 aromatic rings. The van der Waals surface area contributed by atoms with Gasteiger partial charge in [0.15, 0.2) is 5.17 Å². The molecular weight excluding hydrogens is 455 g/mol. The van der Waals surface area contributed by atoms with Crippen LogP contribution in [0.3, 0.4) is 0 Å². The highest BCUT2D eigenvalue weighted by Gasteiger charge is 2.32. The van der Waals surface area contributed by atoms with Crippen LogP contribution in [0.1, 0.15) is 28.4 Å². The molecule has 1 aliphatic heterocycles. The molecule has 0 aliphatic carbocycles. The summed E-state index contributed by atoms with van der Waals surface area (Å²) in [5.41, 5.74) is 2.37. The first-order chi connectivity index (χ1) is 16.4. The Morgan fingerprint density at radius 2 is 1.85 bits per heavy atom. The Labute approximate surface area is 200 Å². The number of amides is 1. The maximum absolute atomic E-state index is 13.2. The van der Waals surface area contributed by atoms with Gasteiger partial charge in [-0.25, -0.2) is 14.2 Å². The predicted molar refractivity (Wildman–Crippen MR) is 131 cm³/mol. The zero-order valence-corrected chi connectivity index (χ0v) is 19.1. The average Bonchev–Trinajstić information content (AvgIpc) is 3.13. The topological polar surface area (TPSA) is 79.2 Å². The summed E-state index contributed by atoms with van der Waals surface area (Å²) in [6, 6.07) is 19.7. The molecule has 0 aromatic heterocycles. The first kappa shape index (κ1) is 23.3. The van der Waals surface area contributed by atoms with E-state index >= 15 is 0 Å². The highest BCUT2D eigenvalue weighted by Crippen LogP contribution is 2.34. The van der Waals surface area contributed by atoms with Gasteiger partial charge in [0.1, 0.15) is 18.2 Å². The number of carboxylic acid groups (broad SMARTS) is 1. The molecule has 8 heteroatoms. The lowest BCUT2D eigenvalue weighted by molar-refractivity contribution is -0.122. The van der Waals surface area contributed by atoms with Gasteiger partial charge in [-0.2, -0.15) is 0 Å². The number of benzene rings is 3. The molecule has 1 fully saturated rings. The summed E-state index contributed by atoms with van der Waals surface area (Å²) in [7, 11) is 0. The Hall–Kier alpha value is -3.91. The first-order valence-corrected chi connectivity index (χ1v) is 11.4. The fraction of sp³-hybridized carbons (Fsp3) is 0.115. The number of hydrogen-bond acceptors (Lipinski definition) is 5. The first-order valence-electron chi connectivity index (χ1n) is 10.5. The summed E-state index contributed by atoms with van der Waals surface area (Å²) in [4.78, 5) is 30.6. The predicted octanol–water partition coefficient (Wildman–Crippen LogP) is 5.73. The van der Waals surface area contributed by atoms with Crippen molar-refractivity contribution < 1.29 is 23.8 Å². The third-order valence-electron chi connectivity index (χ3n) is 5.01. The van der Waals surface area contributed by atoms with E-state index in [-0.39, 0.29) is 23.9 Å². The lowest BCUT2D eigenvalue weighted by atomic mass is 10.1. The summed E-state index contributed by atoms with van der Waals surface area (Å²) in [5.74, 6) is -0.826. The van der Waals surface area contributed by atoms with Crippen molar-refractivity contribution in [1.29, 1.82) is 0 Å². The van der Waals surface area contributed by atoms with Crippen LogP contribution >= 0.6 is 11.8 Å². The standard InChI is InChI=1S/C26H21FN2O4S/c1-2-29-24(30)23(34-26(29)28-21-10-8-20(27)9-11-21)15-17-6-12-22(13-7-17)33-16-18-4-3-5-19(14-18)25(31)32/h3-15H,2,16H2,1H3,(H,31,32)/b23-15+,28-26?. The molecule has 0 spiro atoms. The maximum atomic E-state index is 13.2. The van der Waals surface area contributed by atoms with Gasteiger partial charge in [-0.05, 0) is 84.4 Å². The number of carbonyl (C=O) groups is 2. The second-order valence-corrected chi connectivity index (χ2v) is 8.40. The van der Waals surface area contributed by atoms with Gasteiger partial charge in [-0.3, -0.25) is 9.69 Å². The van der Waals surface area contributed by atoms with Crippen LogP contribution in [0.15, 0.2) is 82.7 Å². The third kappa shape index (κ3) is 5.52. The van der Waals surface area contributed by atoms with Gasteiger partial charge >= 0.3 is 5.97 Å². The summed E-state index contributed by atoms with van der Waals surface area (Å²) < 4.78 is 18.9. The van der Waals surface area contributed by atoms with Crippen molar-refractivity contribution in [2.24, 2.45) is 4.99 Å². The molecule has 0 radical (unpaired) electrons. The molecule has 0 bridgehead atoms.